The molecule has 2 atom stereocenters. The third kappa shape index (κ3) is 6.71. The van der Waals surface area contributed by atoms with Crippen LogP contribution in [-0.4, -0.2) is 35.5 Å². The zero-order valence-electron chi connectivity index (χ0n) is 9.27. The number of Topliss-reactive ketones (excluding diaryl/α,β-unsaturated/α-hetero) is 1. The number of carbonyl (C=O) groups is 2. The minimum Gasteiger partial charge on any atom is -0.330 e. The molecule has 16 heavy (non-hydrogen) atoms. The van der Waals surface area contributed by atoms with Gasteiger partial charge in [-0.15, -0.1) is 0 Å². The van der Waals surface area contributed by atoms with E-state index in [4.69, 9.17) is 11.5 Å². The second kappa shape index (κ2) is 8.43. The van der Waals surface area contributed by atoms with E-state index in [-0.39, 0.29) is 29.1 Å². The molecular formula is C10H17N2O3S. The van der Waals surface area contributed by atoms with Gasteiger partial charge in [0.15, 0.2) is 5.12 Å². The van der Waals surface area contributed by atoms with Gasteiger partial charge in [-0.2, -0.15) is 0 Å². The third-order valence-electron chi connectivity index (χ3n) is 2.14. The average molecular weight is 245 g/mol. The third-order valence-corrected chi connectivity index (χ3v) is 2.97. The van der Waals surface area contributed by atoms with E-state index in [1.54, 1.807) is 6.29 Å². The molecule has 0 aromatic rings. The summed E-state index contributed by atoms with van der Waals surface area (Å²) in [6, 6.07) is -0.665. The Labute approximate surface area is 99.3 Å². The van der Waals surface area contributed by atoms with Gasteiger partial charge in [-0.3, -0.25) is 14.4 Å². The van der Waals surface area contributed by atoms with Gasteiger partial charge in [0.1, 0.15) is 5.78 Å². The summed E-state index contributed by atoms with van der Waals surface area (Å²) in [5, 5.41) is -0.0953. The Balaban J connectivity index is 4.01. The van der Waals surface area contributed by atoms with E-state index in [0.717, 1.165) is 11.8 Å². The molecule has 1 radical (unpaired) electrons. The summed E-state index contributed by atoms with van der Waals surface area (Å²) in [5.41, 5.74) is 10.8. The predicted octanol–water partition coefficient (Wildman–Crippen LogP) is -0.373. The zero-order valence-corrected chi connectivity index (χ0v) is 10.1. The Kier molecular flexibility index (Phi) is 8.05. The van der Waals surface area contributed by atoms with Crippen molar-refractivity contribution in [1.29, 1.82) is 0 Å². The summed E-state index contributed by atoms with van der Waals surface area (Å²) in [6.07, 6.45) is 2.50. The van der Waals surface area contributed by atoms with Gasteiger partial charge in [-0.05, 0) is 12.8 Å². The van der Waals surface area contributed by atoms with Gasteiger partial charge < -0.3 is 11.5 Å². The van der Waals surface area contributed by atoms with Crippen LogP contribution in [0.2, 0.25) is 0 Å². The van der Waals surface area contributed by atoms with Gasteiger partial charge in [-0.1, -0.05) is 11.8 Å². The van der Waals surface area contributed by atoms with Crippen molar-refractivity contribution >= 4 is 28.9 Å². The molecule has 0 aromatic carbocycles. The molecule has 0 saturated heterocycles. The van der Waals surface area contributed by atoms with Crippen molar-refractivity contribution in [2.24, 2.45) is 17.4 Å². The fraction of sp³-hybridized carbons (Fsp3) is 0.700. The van der Waals surface area contributed by atoms with Crippen molar-refractivity contribution in [1.82, 2.24) is 0 Å². The minimum absolute atomic E-state index is 0.0687. The molecule has 0 aromatic heterocycles. The van der Waals surface area contributed by atoms with Crippen molar-refractivity contribution in [3.8, 4) is 0 Å². The van der Waals surface area contributed by atoms with Crippen LogP contribution >= 0.6 is 11.8 Å². The van der Waals surface area contributed by atoms with Gasteiger partial charge in [0.05, 0.1) is 11.8 Å². The number of hydrogen-bond acceptors (Lipinski definition) is 6. The van der Waals surface area contributed by atoms with E-state index in [2.05, 4.69) is 0 Å². The molecule has 0 spiro atoms. The number of ketones is 1. The summed E-state index contributed by atoms with van der Waals surface area (Å²) in [6.45, 7) is 1.62. The average Bonchev–Trinajstić information content (AvgIpc) is 2.26. The maximum Gasteiger partial charge on any atom is 0.216 e. The lowest BCUT2D eigenvalue weighted by atomic mass is 9.97. The van der Waals surface area contributed by atoms with Crippen LogP contribution in [0.4, 0.5) is 0 Å². The Morgan fingerprint density at radius 2 is 2.00 bits per heavy atom. The molecule has 1 unspecified atom stereocenters. The lowest BCUT2D eigenvalue weighted by molar-refractivity contribution is -0.120. The lowest BCUT2D eigenvalue weighted by Crippen LogP contribution is -2.29. The molecule has 0 saturated carbocycles. The van der Waals surface area contributed by atoms with Crippen LogP contribution in [-0.2, 0) is 14.4 Å². The summed E-state index contributed by atoms with van der Waals surface area (Å²) >= 11 is 0.970. The number of rotatable bonds is 8. The van der Waals surface area contributed by atoms with Gasteiger partial charge in [0.2, 0.25) is 6.29 Å². The molecule has 4 N–H and O–H groups in total. The first-order chi connectivity index (χ1) is 7.51. The minimum atomic E-state index is -0.665. The predicted molar refractivity (Wildman–Crippen MR) is 63.6 cm³/mol. The molecule has 6 heteroatoms. The molecule has 91 valence electrons. The molecule has 0 fully saturated rings. The van der Waals surface area contributed by atoms with Gasteiger partial charge in [0.25, 0.3) is 0 Å². The normalized spacial score (nSPS) is 14.2. The smallest absolute Gasteiger partial charge is 0.216 e. The van der Waals surface area contributed by atoms with Crippen LogP contribution < -0.4 is 11.5 Å². The molecule has 0 bridgehead atoms. The Morgan fingerprint density at radius 3 is 2.44 bits per heavy atom. The SMILES string of the molecule is CC(=O)SCC(=O)C(CN)CC[C@H](N)[C]=O. The second-order valence-corrected chi connectivity index (χ2v) is 4.63. The highest BCUT2D eigenvalue weighted by Gasteiger charge is 2.18. The molecule has 0 aliphatic carbocycles. The van der Waals surface area contributed by atoms with Crippen LogP contribution in [0.25, 0.3) is 0 Å². The highest BCUT2D eigenvalue weighted by Crippen LogP contribution is 2.12. The fourth-order valence-electron chi connectivity index (χ4n) is 1.14. The van der Waals surface area contributed by atoms with Gasteiger partial charge in [0, 0.05) is 19.4 Å². The van der Waals surface area contributed by atoms with E-state index >= 15 is 0 Å². The first kappa shape index (κ1) is 15.3. The Hall–Kier alpha value is -0.720. The summed E-state index contributed by atoms with van der Waals surface area (Å²) < 4.78 is 0. The molecule has 0 amide bonds. The quantitative estimate of drug-likeness (QED) is 0.604. The monoisotopic (exact) mass is 245 g/mol. The summed E-state index contributed by atoms with van der Waals surface area (Å²) in [7, 11) is 0. The number of nitrogens with two attached hydrogens (primary N) is 2. The maximum atomic E-state index is 11.6. The maximum absolute atomic E-state index is 11.6. The van der Waals surface area contributed by atoms with E-state index in [1.807, 2.05) is 0 Å². The highest BCUT2D eigenvalue weighted by atomic mass is 32.2. The Morgan fingerprint density at radius 1 is 1.38 bits per heavy atom. The topological polar surface area (TPSA) is 103 Å². The fourth-order valence-corrected chi connectivity index (χ4v) is 1.72. The highest BCUT2D eigenvalue weighted by molar-refractivity contribution is 8.14. The van der Waals surface area contributed by atoms with Crippen molar-refractivity contribution in [3.05, 3.63) is 0 Å². The van der Waals surface area contributed by atoms with Crippen molar-refractivity contribution in [3.63, 3.8) is 0 Å². The van der Waals surface area contributed by atoms with Crippen LogP contribution in [0.5, 0.6) is 0 Å². The number of hydrogen-bond donors (Lipinski definition) is 2. The van der Waals surface area contributed by atoms with Gasteiger partial charge >= 0.3 is 0 Å². The number of carbonyl (C=O) groups excluding carboxylic acids is 3. The van der Waals surface area contributed by atoms with Gasteiger partial charge in [-0.25, -0.2) is 0 Å². The van der Waals surface area contributed by atoms with Crippen molar-refractivity contribution < 1.29 is 14.4 Å². The lowest BCUT2D eigenvalue weighted by Gasteiger charge is -2.13. The number of thioether (sulfide) groups is 1. The van der Waals surface area contributed by atoms with Crippen molar-refractivity contribution in [2.45, 2.75) is 25.8 Å². The van der Waals surface area contributed by atoms with E-state index < -0.39 is 6.04 Å². The van der Waals surface area contributed by atoms with Crippen LogP contribution in [0, 0.1) is 5.92 Å². The molecule has 0 aliphatic rings. The summed E-state index contributed by atoms with van der Waals surface area (Å²) in [5.74, 6) is -0.260. The van der Waals surface area contributed by atoms with Crippen LogP contribution in [0.1, 0.15) is 19.8 Å². The molecule has 0 heterocycles. The van der Waals surface area contributed by atoms with Crippen LogP contribution in [0.3, 0.4) is 0 Å². The molecule has 5 nitrogen and oxygen atoms in total. The summed E-state index contributed by atoms with van der Waals surface area (Å²) in [4.78, 5) is 32.4. The molecule has 0 rings (SSSR count). The second-order valence-electron chi connectivity index (χ2n) is 3.48. The first-order valence-electron chi connectivity index (χ1n) is 5.00. The first-order valence-corrected chi connectivity index (χ1v) is 5.99. The van der Waals surface area contributed by atoms with Crippen LogP contribution in [0.15, 0.2) is 0 Å². The molecule has 0 aliphatic heterocycles. The van der Waals surface area contributed by atoms with E-state index in [9.17, 15) is 14.4 Å². The zero-order chi connectivity index (χ0) is 12.6. The van der Waals surface area contributed by atoms with Crippen molar-refractivity contribution in [2.75, 3.05) is 12.3 Å². The van der Waals surface area contributed by atoms with E-state index in [1.165, 1.54) is 6.92 Å². The van der Waals surface area contributed by atoms with E-state index in [0.29, 0.717) is 12.8 Å². The standard InChI is InChI=1S/C10H17N2O3S/c1-7(14)16-6-10(15)8(4-11)2-3-9(12)5-13/h8-9H,2-4,6,11-12H2,1H3/t8?,9-/m0/s1. The molecular weight excluding hydrogens is 228 g/mol. The largest absolute Gasteiger partial charge is 0.330 e. The Bertz CT molecular complexity index is 258.